The van der Waals surface area contributed by atoms with Gasteiger partial charge in [-0.15, -0.1) is 0 Å². The summed E-state index contributed by atoms with van der Waals surface area (Å²) in [5.74, 6) is -0.887. The molecule has 0 radical (unpaired) electrons. The molecule has 194 valence electrons. The molecule has 38 heavy (non-hydrogen) atoms. The van der Waals surface area contributed by atoms with E-state index in [0.717, 1.165) is 12.2 Å². The van der Waals surface area contributed by atoms with Crippen LogP contribution < -0.4 is 21.3 Å². The minimum atomic E-state index is -0.558. The van der Waals surface area contributed by atoms with Crippen molar-refractivity contribution < 1.29 is 14.0 Å². The van der Waals surface area contributed by atoms with Crippen LogP contribution in [0.5, 0.6) is 0 Å². The van der Waals surface area contributed by atoms with Crippen LogP contribution in [0, 0.1) is 0 Å². The van der Waals surface area contributed by atoms with E-state index in [9.17, 15) is 14.4 Å². The molecule has 0 atom stereocenters. The predicted molar refractivity (Wildman–Crippen MR) is 150 cm³/mol. The number of nitrogens with one attached hydrogen (secondary N) is 3. The summed E-state index contributed by atoms with van der Waals surface area (Å²) >= 11 is 6.16. The molecule has 10 heteroatoms. The van der Waals surface area contributed by atoms with Gasteiger partial charge in [0, 0.05) is 47.5 Å². The average Bonchev–Trinajstić information content (AvgIpc) is 3.40. The van der Waals surface area contributed by atoms with Crippen LogP contribution in [-0.4, -0.2) is 48.9 Å². The smallest absolute Gasteiger partial charge is 0.408 e. The van der Waals surface area contributed by atoms with Crippen molar-refractivity contribution in [3.8, 4) is 0 Å². The number of carbonyl (C=O) groups excluding carboxylic acids is 2. The van der Waals surface area contributed by atoms with Gasteiger partial charge in [-0.25, -0.2) is 4.79 Å². The lowest BCUT2D eigenvalue weighted by molar-refractivity contribution is -0.116. The van der Waals surface area contributed by atoms with E-state index in [1.54, 1.807) is 48.2 Å². The van der Waals surface area contributed by atoms with Crippen LogP contribution in [0.3, 0.4) is 0 Å². The Hall–Kier alpha value is -4.34. The summed E-state index contributed by atoms with van der Waals surface area (Å²) in [5, 5.41) is 6.78. The van der Waals surface area contributed by atoms with Crippen LogP contribution in [0.2, 0.25) is 5.02 Å². The Labute approximate surface area is 223 Å². The standard InChI is InChI=1S/C28H26ClN5O4/c1-16(35)34(13-12-33(2)3)20-8-6-19(7-9-20)30-26(17-4-11-24-23(14-17)32-28(37)38-24)25-21-10-5-18(29)15-22(21)31-27(25)36/h4-11,14-15,30H,12-13H2,1-3H3,(H,31,36)(H,32,37)/b26-25-. The minimum Gasteiger partial charge on any atom is -0.408 e. The number of amides is 2. The number of rotatable bonds is 7. The molecule has 0 unspecified atom stereocenters. The van der Waals surface area contributed by atoms with Gasteiger partial charge in [-0.1, -0.05) is 17.7 Å². The summed E-state index contributed by atoms with van der Waals surface area (Å²) in [6.45, 7) is 2.84. The number of benzene rings is 3. The zero-order valence-electron chi connectivity index (χ0n) is 21.1. The molecule has 0 saturated heterocycles. The summed E-state index contributed by atoms with van der Waals surface area (Å²) in [7, 11) is 3.92. The Morgan fingerprint density at radius 3 is 2.47 bits per heavy atom. The lowest BCUT2D eigenvalue weighted by atomic mass is 9.99. The van der Waals surface area contributed by atoms with Gasteiger partial charge in [0.1, 0.15) is 0 Å². The predicted octanol–water partition coefficient (Wildman–Crippen LogP) is 4.62. The van der Waals surface area contributed by atoms with Gasteiger partial charge >= 0.3 is 5.76 Å². The van der Waals surface area contributed by atoms with Crippen LogP contribution >= 0.6 is 11.6 Å². The molecule has 3 N–H and O–H groups in total. The molecular formula is C28H26ClN5O4. The lowest BCUT2D eigenvalue weighted by Crippen LogP contribution is -2.35. The molecule has 5 rings (SSSR count). The summed E-state index contributed by atoms with van der Waals surface area (Å²) in [6.07, 6.45) is 0. The molecule has 9 nitrogen and oxygen atoms in total. The van der Waals surface area contributed by atoms with Gasteiger partial charge in [-0.3, -0.25) is 14.6 Å². The van der Waals surface area contributed by atoms with Crippen LogP contribution in [0.15, 0.2) is 69.9 Å². The number of oxazole rings is 1. The third kappa shape index (κ3) is 5.06. The van der Waals surface area contributed by atoms with Crippen LogP contribution in [0.25, 0.3) is 22.4 Å². The number of aromatic nitrogens is 1. The maximum atomic E-state index is 13.2. The molecule has 1 aliphatic rings. The zero-order chi connectivity index (χ0) is 27.0. The quantitative estimate of drug-likeness (QED) is 0.300. The molecular weight excluding hydrogens is 506 g/mol. The molecule has 3 aromatic carbocycles. The van der Waals surface area contributed by atoms with Gasteiger partial charge in [0.15, 0.2) is 5.58 Å². The highest BCUT2D eigenvalue weighted by atomic mass is 35.5. The highest BCUT2D eigenvalue weighted by molar-refractivity contribution is 6.38. The summed E-state index contributed by atoms with van der Waals surface area (Å²) in [6, 6.07) is 17.9. The van der Waals surface area contributed by atoms with E-state index in [0.29, 0.717) is 56.4 Å². The molecule has 2 amide bonds. The molecule has 2 heterocycles. The first-order valence-corrected chi connectivity index (χ1v) is 12.4. The Kier molecular flexibility index (Phi) is 6.79. The minimum absolute atomic E-state index is 0.0457. The number of anilines is 3. The second kappa shape index (κ2) is 10.2. The van der Waals surface area contributed by atoms with Gasteiger partial charge in [0.25, 0.3) is 5.91 Å². The molecule has 0 bridgehead atoms. The van der Waals surface area contributed by atoms with Crippen molar-refractivity contribution in [2.45, 2.75) is 6.92 Å². The fourth-order valence-corrected chi connectivity index (χ4v) is 4.59. The van der Waals surface area contributed by atoms with E-state index in [4.69, 9.17) is 16.0 Å². The SMILES string of the molecule is CC(=O)N(CCN(C)C)c1ccc(N/C(=C2\C(=O)Nc3cc(Cl)ccc32)c2ccc3oc(=O)[nH]c3c2)cc1. The first-order valence-electron chi connectivity index (χ1n) is 12.0. The van der Waals surface area contributed by atoms with Crippen LogP contribution in [0.4, 0.5) is 17.1 Å². The number of hydrogen-bond acceptors (Lipinski definition) is 6. The van der Waals surface area contributed by atoms with E-state index >= 15 is 0 Å². The van der Waals surface area contributed by atoms with Gasteiger partial charge in [-0.05, 0) is 68.7 Å². The van der Waals surface area contributed by atoms with Crippen molar-refractivity contribution in [1.82, 2.24) is 9.88 Å². The van der Waals surface area contributed by atoms with E-state index < -0.39 is 5.76 Å². The Bertz CT molecular complexity index is 1640. The van der Waals surface area contributed by atoms with Gasteiger partial charge in [0.05, 0.1) is 22.5 Å². The third-order valence-electron chi connectivity index (χ3n) is 6.28. The van der Waals surface area contributed by atoms with E-state index in [1.165, 1.54) is 0 Å². The maximum absolute atomic E-state index is 13.2. The van der Waals surface area contributed by atoms with Gasteiger partial charge < -0.3 is 24.9 Å². The van der Waals surface area contributed by atoms with Crippen molar-refractivity contribution in [3.05, 3.63) is 87.4 Å². The fraction of sp³-hybridized carbons (Fsp3) is 0.179. The number of nitrogens with zero attached hydrogens (tertiary/aromatic N) is 2. The summed E-state index contributed by atoms with van der Waals surface area (Å²) < 4.78 is 5.15. The van der Waals surface area contributed by atoms with E-state index in [-0.39, 0.29) is 11.8 Å². The van der Waals surface area contributed by atoms with Crippen molar-refractivity contribution in [1.29, 1.82) is 0 Å². The maximum Gasteiger partial charge on any atom is 0.417 e. The molecule has 0 saturated carbocycles. The average molecular weight is 532 g/mol. The topological polar surface area (TPSA) is 111 Å². The number of fused-ring (bicyclic) bond motifs is 2. The molecule has 1 aliphatic heterocycles. The van der Waals surface area contributed by atoms with E-state index in [2.05, 4.69) is 15.6 Å². The first kappa shape index (κ1) is 25.3. The van der Waals surface area contributed by atoms with Crippen molar-refractivity contribution in [2.24, 2.45) is 0 Å². The Morgan fingerprint density at radius 1 is 1.00 bits per heavy atom. The normalized spacial score (nSPS) is 14.0. The number of aromatic amines is 1. The van der Waals surface area contributed by atoms with Crippen molar-refractivity contribution in [3.63, 3.8) is 0 Å². The van der Waals surface area contributed by atoms with Crippen molar-refractivity contribution in [2.75, 3.05) is 42.7 Å². The highest BCUT2D eigenvalue weighted by Crippen LogP contribution is 2.39. The fourth-order valence-electron chi connectivity index (χ4n) is 4.42. The molecule has 0 spiro atoms. The summed E-state index contributed by atoms with van der Waals surface area (Å²) in [4.78, 5) is 43.6. The monoisotopic (exact) mass is 531 g/mol. The number of carbonyl (C=O) groups is 2. The highest BCUT2D eigenvalue weighted by Gasteiger charge is 2.29. The molecule has 1 aromatic heterocycles. The third-order valence-corrected chi connectivity index (χ3v) is 6.52. The van der Waals surface area contributed by atoms with Gasteiger partial charge in [0.2, 0.25) is 5.91 Å². The van der Waals surface area contributed by atoms with E-state index in [1.807, 2.05) is 43.3 Å². The second-order valence-corrected chi connectivity index (χ2v) is 9.70. The molecule has 0 aliphatic carbocycles. The number of halogens is 1. The second-order valence-electron chi connectivity index (χ2n) is 9.27. The lowest BCUT2D eigenvalue weighted by Gasteiger charge is -2.23. The van der Waals surface area contributed by atoms with Crippen LogP contribution in [0.1, 0.15) is 18.1 Å². The zero-order valence-corrected chi connectivity index (χ0v) is 21.8. The number of likely N-dealkylation sites (N-methyl/N-ethyl adjacent to an activating group) is 1. The van der Waals surface area contributed by atoms with Crippen LogP contribution in [-0.2, 0) is 9.59 Å². The first-order chi connectivity index (χ1) is 18.2. The van der Waals surface area contributed by atoms with Crippen molar-refractivity contribution >= 4 is 62.8 Å². The molecule has 0 fully saturated rings. The molecule has 4 aromatic rings. The number of H-pyrrole nitrogens is 1. The largest absolute Gasteiger partial charge is 0.417 e. The Morgan fingerprint density at radius 2 is 1.76 bits per heavy atom. The van der Waals surface area contributed by atoms with Gasteiger partial charge in [-0.2, -0.15) is 0 Å². The summed E-state index contributed by atoms with van der Waals surface area (Å²) in [5.41, 5.74) is 5.36. The Balaban J connectivity index is 1.57. The number of hydrogen-bond donors (Lipinski definition) is 3.